The molecule has 3 aromatic carbocycles. The van der Waals surface area contributed by atoms with Crippen LogP contribution in [-0.2, 0) is 14.3 Å². The number of hydrogen-bond donors (Lipinski definition) is 1. The molecule has 0 heterocycles. The van der Waals surface area contributed by atoms with E-state index in [0.29, 0.717) is 6.42 Å². The summed E-state index contributed by atoms with van der Waals surface area (Å²) < 4.78 is 5.40. The van der Waals surface area contributed by atoms with E-state index in [0.717, 1.165) is 6.16 Å². The lowest BCUT2D eigenvalue weighted by Crippen LogP contribution is -2.37. The Morgan fingerprint density at radius 3 is 1.55 bits per heavy atom. The Bertz CT molecular complexity index is 1010. The summed E-state index contributed by atoms with van der Waals surface area (Å²) in [6, 6.07) is 25.8. The van der Waals surface area contributed by atoms with Gasteiger partial charge < -0.3 is 9.84 Å². The minimum absolute atomic E-state index is 0.0942. The minimum atomic E-state index is -2.04. The van der Waals surface area contributed by atoms with Crippen LogP contribution in [0.4, 0.5) is 0 Å². The highest BCUT2D eigenvalue weighted by molar-refractivity contribution is 7.96. The van der Waals surface area contributed by atoms with Crippen LogP contribution in [0.25, 0.3) is 0 Å². The molecular formula is C28H32O4P+. The molecule has 0 unspecified atom stereocenters. The average molecular weight is 464 g/mol. The lowest BCUT2D eigenvalue weighted by molar-refractivity contribution is -0.147. The van der Waals surface area contributed by atoms with Crippen LogP contribution in [-0.4, -0.2) is 29.8 Å². The molecule has 3 rings (SSSR count). The molecule has 3 aromatic rings. The Labute approximate surface area is 197 Å². The highest BCUT2D eigenvalue weighted by Crippen LogP contribution is 2.57. The molecule has 0 radical (unpaired) electrons. The normalized spacial score (nSPS) is 11.2. The molecule has 0 saturated carbocycles. The summed E-state index contributed by atoms with van der Waals surface area (Å²) in [5.41, 5.74) is 3.78. The average Bonchev–Trinajstić information content (AvgIpc) is 2.80. The number of carbonyl (C=O) groups is 2. The maximum absolute atomic E-state index is 12.0. The third kappa shape index (κ3) is 5.69. The molecule has 0 amide bonds. The van der Waals surface area contributed by atoms with Crippen LogP contribution < -0.4 is 15.9 Å². The quantitative estimate of drug-likeness (QED) is 0.269. The van der Waals surface area contributed by atoms with Gasteiger partial charge in [0.05, 0.1) is 25.6 Å². The number of rotatable bonds is 10. The Balaban J connectivity index is 2.05. The van der Waals surface area contributed by atoms with Crippen LogP contribution in [0, 0.1) is 20.8 Å². The summed E-state index contributed by atoms with van der Waals surface area (Å²) in [5, 5.41) is 12.9. The zero-order valence-corrected chi connectivity index (χ0v) is 20.5. The highest BCUT2D eigenvalue weighted by Gasteiger charge is 2.47. The van der Waals surface area contributed by atoms with Crippen molar-refractivity contribution in [2.75, 3.05) is 12.8 Å². The maximum Gasteiger partial charge on any atom is 0.306 e. The summed E-state index contributed by atoms with van der Waals surface area (Å²) in [7, 11) is -2.04. The summed E-state index contributed by atoms with van der Waals surface area (Å²) >= 11 is 0. The third-order valence-corrected chi connectivity index (χ3v) is 11.0. The van der Waals surface area contributed by atoms with Crippen molar-refractivity contribution in [3.63, 3.8) is 0 Å². The van der Waals surface area contributed by atoms with Gasteiger partial charge in [0.15, 0.2) is 0 Å². The van der Waals surface area contributed by atoms with E-state index < -0.39 is 19.2 Å². The summed E-state index contributed by atoms with van der Waals surface area (Å²) in [5.74, 6) is -1.44. The van der Waals surface area contributed by atoms with Crippen LogP contribution in [0.15, 0.2) is 72.8 Å². The smallest absolute Gasteiger partial charge is 0.306 e. The van der Waals surface area contributed by atoms with Crippen molar-refractivity contribution in [1.82, 2.24) is 0 Å². The van der Waals surface area contributed by atoms with Crippen LogP contribution in [0.1, 0.15) is 36.0 Å². The van der Waals surface area contributed by atoms with Crippen LogP contribution in [0.2, 0.25) is 0 Å². The standard InChI is InChI=1S/C28H31O4P/c1-21-11-4-7-14-24(21)33(25-15-8-5-12-22(25)2,26-16-9-6-13-23(26)3)20-10-19-32-28(31)18-17-27(29)30/h4-9,11-16H,10,17-20H2,1-3H3/p+1. The summed E-state index contributed by atoms with van der Waals surface area (Å²) in [6.45, 7) is 6.80. The van der Waals surface area contributed by atoms with Gasteiger partial charge in [-0.3, -0.25) is 9.59 Å². The number of aryl methyl sites for hydroxylation is 3. The van der Waals surface area contributed by atoms with Crippen molar-refractivity contribution in [3.05, 3.63) is 89.5 Å². The minimum Gasteiger partial charge on any atom is -0.481 e. The van der Waals surface area contributed by atoms with Gasteiger partial charge in [-0.1, -0.05) is 54.6 Å². The van der Waals surface area contributed by atoms with E-state index in [9.17, 15) is 9.59 Å². The molecular weight excluding hydrogens is 431 g/mol. The first-order valence-electron chi connectivity index (χ1n) is 11.3. The monoisotopic (exact) mass is 463 g/mol. The first-order valence-corrected chi connectivity index (χ1v) is 13.3. The zero-order chi connectivity index (χ0) is 23.8. The lowest BCUT2D eigenvalue weighted by atomic mass is 10.2. The van der Waals surface area contributed by atoms with Gasteiger partial charge in [0.1, 0.15) is 23.2 Å². The molecule has 0 bridgehead atoms. The zero-order valence-electron chi connectivity index (χ0n) is 19.6. The van der Waals surface area contributed by atoms with Gasteiger partial charge in [-0.05, 0) is 55.7 Å². The van der Waals surface area contributed by atoms with Crippen LogP contribution >= 0.6 is 7.26 Å². The number of aliphatic carboxylic acids is 1. The molecule has 0 saturated heterocycles. The van der Waals surface area contributed by atoms with Gasteiger partial charge >= 0.3 is 11.9 Å². The second-order valence-electron chi connectivity index (χ2n) is 8.36. The van der Waals surface area contributed by atoms with Crippen LogP contribution in [0.3, 0.4) is 0 Å². The fourth-order valence-electron chi connectivity index (χ4n) is 4.49. The van der Waals surface area contributed by atoms with Crippen LogP contribution in [0.5, 0.6) is 0 Å². The maximum atomic E-state index is 12.0. The first kappa shape index (κ1) is 24.7. The number of esters is 1. The van der Waals surface area contributed by atoms with E-state index >= 15 is 0 Å². The topological polar surface area (TPSA) is 63.6 Å². The van der Waals surface area contributed by atoms with Gasteiger partial charge in [-0.15, -0.1) is 0 Å². The molecule has 0 aliphatic carbocycles. The third-order valence-electron chi connectivity index (χ3n) is 6.02. The van der Waals surface area contributed by atoms with E-state index in [1.54, 1.807) is 0 Å². The molecule has 0 atom stereocenters. The van der Waals surface area contributed by atoms with Gasteiger partial charge in [0, 0.05) is 6.42 Å². The SMILES string of the molecule is Cc1ccccc1[P+](CCCOC(=O)CCC(=O)O)(c1ccccc1C)c1ccccc1C. The van der Waals surface area contributed by atoms with Crippen molar-refractivity contribution < 1.29 is 19.4 Å². The number of benzene rings is 3. The number of carboxylic acids is 1. The van der Waals surface area contributed by atoms with Gasteiger partial charge in [0.25, 0.3) is 0 Å². The van der Waals surface area contributed by atoms with Gasteiger partial charge in [-0.2, -0.15) is 0 Å². The fraction of sp³-hybridized carbons (Fsp3) is 0.286. The number of carbonyl (C=O) groups excluding carboxylic acids is 1. The Hall–Kier alpha value is -2.97. The summed E-state index contributed by atoms with van der Waals surface area (Å²) in [6.07, 6.45) is 1.26. The van der Waals surface area contributed by atoms with E-state index in [2.05, 4.69) is 93.6 Å². The van der Waals surface area contributed by atoms with Crippen molar-refractivity contribution >= 4 is 35.1 Å². The molecule has 5 heteroatoms. The van der Waals surface area contributed by atoms with Crippen molar-refractivity contribution in [2.24, 2.45) is 0 Å². The second kappa shape index (κ2) is 11.2. The molecule has 172 valence electrons. The van der Waals surface area contributed by atoms with E-state index in [1.807, 2.05) is 0 Å². The Morgan fingerprint density at radius 1 is 0.727 bits per heavy atom. The van der Waals surface area contributed by atoms with Crippen molar-refractivity contribution in [3.8, 4) is 0 Å². The molecule has 0 spiro atoms. The molecule has 0 aliphatic heterocycles. The van der Waals surface area contributed by atoms with Crippen molar-refractivity contribution in [2.45, 2.75) is 40.0 Å². The number of carboxylic acid groups (broad SMARTS) is 1. The Morgan fingerprint density at radius 2 is 1.15 bits per heavy atom. The molecule has 4 nitrogen and oxygen atoms in total. The highest BCUT2D eigenvalue weighted by atomic mass is 31.2. The van der Waals surface area contributed by atoms with Crippen molar-refractivity contribution in [1.29, 1.82) is 0 Å². The first-order chi connectivity index (χ1) is 15.9. The lowest BCUT2D eigenvalue weighted by Gasteiger charge is -2.31. The van der Waals surface area contributed by atoms with Gasteiger partial charge in [0.2, 0.25) is 0 Å². The predicted molar refractivity (Wildman–Crippen MR) is 137 cm³/mol. The summed E-state index contributed by atoms with van der Waals surface area (Å²) in [4.78, 5) is 22.7. The Kier molecular flexibility index (Phi) is 8.41. The van der Waals surface area contributed by atoms with Gasteiger partial charge in [-0.25, -0.2) is 0 Å². The van der Waals surface area contributed by atoms with E-state index in [-0.39, 0.29) is 19.4 Å². The van der Waals surface area contributed by atoms with E-state index in [4.69, 9.17) is 9.84 Å². The second-order valence-corrected chi connectivity index (χ2v) is 11.9. The molecule has 0 aromatic heterocycles. The largest absolute Gasteiger partial charge is 0.481 e. The number of hydrogen-bond acceptors (Lipinski definition) is 3. The molecule has 0 fully saturated rings. The fourth-order valence-corrected chi connectivity index (χ4v) is 9.65. The number of ether oxygens (including phenoxy) is 1. The molecule has 1 N–H and O–H groups in total. The van der Waals surface area contributed by atoms with E-state index in [1.165, 1.54) is 32.6 Å². The predicted octanol–water partition coefficient (Wildman–Crippen LogP) is 4.70. The molecule has 0 aliphatic rings. The molecule has 33 heavy (non-hydrogen) atoms.